The Morgan fingerprint density at radius 1 is 1.25 bits per heavy atom. The molecule has 0 atom stereocenters. The molecule has 0 spiro atoms. The fourth-order valence-electron chi connectivity index (χ4n) is 1.80. The molecule has 1 rings (SSSR count). The number of amides is 1. The summed E-state index contributed by atoms with van der Waals surface area (Å²) in [4.78, 5) is 22.2. The van der Waals surface area contributed by atoms with Crippen LogP contribution < -0.4 is 5.32 Å². The molecule has 0 aliphatic heterocycles. The van der Waals surface area contributed by atoms with Crippen molar-refractivity contribution in [3.8, 4) is 5.75 Å². The maximum atomic E-state index is 11.9. The molecule has 0 unspecified atom stereocenters. The number of benzene rings is 1. The quantitative estimate of drug-likeness (QED) is 0.669. The minimum absolute atomic E-state index is 0.0285. The summed E-state index contributed by atoms with van der Waals surface area (Å²) in [6.45, 7) is 4.42. The van der Waals surface area contributed by atoms with Crippen LogP contribution in [0.4, 0.5) is 0 Å². The molecular weight excluding hydrogens is 258 g/mol. The maximum absolute atomic E-state index is 11.9. The maximum Gasteiger partial charge on any atom is 0.303 e. The summed E-state index contributed by atoms with van der Waals surface area (Å²) in [6, 6.07) is 5.03. The number of nitrogens with one attached hydrogen (secondary N) is 1. The minimum Gasteiger partial charge on any atom is -0.507 e. The Bertz CT molecular complexity index is 483. The second-order valence-corrected chi connectivity index (χ2v) is 5.04. The largest absolute Gasteiger partial charge is 0.507 e. The van der Waals surface area contributed by atoms with Crippen LogP contribution in [0.2, 0.25) is 0 Å². The first kappa shape index (κ1) is 16.0. The highest BCUT2D eigenvalue weighted by atomic mass is 16.4. The summed E-state index contributed by atoms with van der Waals surface area (Å²) in [5.41, 5.74) is 1.22. The van der Waals surface area contributed by atoms with Crippen LogP contribution in [0.15, 0.2) is 18.2 Å². The number of hydrogen-bond acceptors (Lipinski definition) is 3. The lowest BCUT2D eigenvalue weighted by atomic mass is 10.0. The van der Waals surface area contributed by atoms with Crippen molar-refractivity contribution in [1.82, 2.24) is 5.32 Å². The van der Waals surface area contributed by atoms with Gasteiger partial charge in [0, 0.05) is 13.0 Å². The smallest absolute Gasteiger partial charge is 0.303 e. The number of aliphatic carboxylic acids is 1. The summed E-state index contributed by atoms with van der Waals surface area (Å²) in [5, 5.41) is 21.0. The number of hydrogen-bond donors (Lipinski definition) is 3. The molecule has 1 aromatic carbocycles. The van der Waals surface area contributed by atoms with Gasteiger partial charge in [-0.1, -0.05) is 19.9 Å². The predicted molar refractivity (Wildman–Crippen MR) is 76.0 cm³/mol. The molecule has 110 valence electrons. The molecule has 3 N–H and O–H groups in total. The number of unbranched alkanes of at least 4 members (excludes halogenated alkanes) is 1. The van der Waals surface area contributed by atoms with Gasteiger partial charge in [-0.3, -0.25) is 9.59 Å². The number of aromatic hydroxyl groups is 1. The first-order valence-electron chi connectivity index (χ1n) is 6.74. The van der Waals surface area contributed by atoms with Crippen molar-refractivity contribution >= 4 is 11.9 Å². The van der Waals surface area contributed by atoms with Crippen LogP contribution >= 0.6 is 0 Å². The Labute approximate surface area is 118 Å². The molecule has 0 aromatic heterocycles. The summed E-state index contributed by atoms with van der Waals surface area (Å²) in [7, 11) is 0. The fourth-order valence-corrected chi connectivity index (χ4v) is 1.80. The molecule has 0 aliphatic carbocycles. The number of carboxylic acid groups (broad SMARTS) is 1. The second kappa shape index (κ2) is 7.53. The number of phenolic OH excluding ortho intramolecular Hbond substituents is 1. The molecule has 20 heavy (non-hydrogen) atoms. The number of carboxylic acids is 1. The third-order valence-corrected chi connectivity index (χ3v) is 3.04. The van der Waals surface area contributed by atoms with Crippen molar-refractivity contribution in [3.05, 3.63) is 29.3 Å². The van der Waals surface area contributed by atoms with E-state index in [-0.39, 0.29) is 29.6 Å². The lowest BCUT2D eigenvalue weighted by Gasteiger charge is -2.10. The van der Waals surface area contributed by atoms with E-state index in [0.29, 0.717) is 19.4 Å². The summed E-state index contributed by atoms with van der Waals surface area (Å²) in [6.07, 6.45) is 1.22. The van der Waals surface area contributed by atoms with Gasteiger partial charge >= 0.3 is 5.97 Å². The van der Waals surface area contributed by atoms with Crippen molar-refractivity contribution in [2.24, 2.45) is 0 Å². The Balaban J connectivity index is 2.49. The van der Waals surface area contributed by atoms with Crippen LogP contribution in [0.3, 0.4) is 0 Å². The van der Waals surface area contributed by atoms with E-state index in [1.165, 1.54) is 0 Å². The number of rotatable bonds is 7. The van der Waals surface area contributed by atoms with E-state index in [2.05, 4.69) is 5.32 Å². The highest BCUT2D eigenvalue weighted by Gasteiger charge is 2.12. The Kier molecular flexibility index (Phi) is 6.03. The fraction of sp³-hybridized carbons (Fsp3) is 0.467. The van der Waals surface area contributed by atoms with E-state index in [1.807, 2.05) is 19.9 Å². The van der Waals surface area contributed by atoms with Crippen LogP contribution in [0.1, 0.15) is 54.9 Å². The summed E-state index contributed by atoms with van der Waals surface area (Å²) >= 11 is 0. The Hall–Kier alpha value is -2.04. The molecular formula is C15H21NO4. The van der Waals surface area contributed by atoms with Crippen LogP contribution in [-0.4, -0.2) is 28.6 Å². The van der Waals surface area contributed by atoms with E-state index in [4.69, 9.17) is 5.11 Å². The Morgan fingerprint density at radius 2 is 1.95 bits per heavy atom. The Morgan fingerprint density at radius 3 is 2.50 bits per heavy atom. The van der Waals surface area contributed by atoms with Gasteiger partial charge in [-0.05, 0) is 36.5 Å². The van der Waals surface area contributed by atoms with Crippen LogP contribution in [0, 0.1) is 0 Å². The zero-order valence-corrected chi connectivity index (χ0v) is 11.8. The van der Waals surface area contributed by atoms with Crippen molar-refractivity contribution in [3.63, 3.8) is 0 Å². The van der Waals surface area contributed by atoms with Crippen molar-refractivity contribution in [2.45, 2.75) is 39.0 Å². The standard InChI is InChI=1S/C15H21NO4/c1-10(2)11-6-7-12(13(17)9-11)15(20)16-8-4-3-5-14(18)19/h6-7,9-10,17H,3-5,8H2,1-2H3,(H,16,20)(H,18,19). The van der Waals surface area contributed by atoms with Gasteiger partial charge in [0.2, 0.25) is 0 Å². The van der Waals surface area contributed by atoms with Crippen LogP contribution in [-0.2, 0) is 4.79 Å². The zero-order chi connectivity index (χ0) is 15.1. The first-order valence-corrected chi connectivity index (χ1v) is 6.74. The van der Waals surface area contributed by atoms with Gasteiger partial charge in [-0.15, -0.1) is 0 Å². The zero-order valence-electron chi connectivity index (χ0n) is 11.8. The average molecular weight is 279 g/mol. The highest BCUT2D eigenvalue weighted by molar-refractivity contribution is 5.96. The molecule has 0 radical (unpaired) electrons. The SMILES string of the molecule is CC(C)c1ccc(C(=O)NCCCCC(=O)O)c(O)c1. The van der Waals surface area contributed by atoms with Crippen molar-refractivity contribution < 1.29 is 19.8 Å². The average Bonchev–Trinajstić information content (AvgIpc) is 2.37. The normalized spacial score (nSPS) is 10.6. The molecule has 0 bridgehead atoms. The molecule has 0 saturated carbocycles. The third-order valence-electron chi connectivity index (χ3n) is 3.04. The van der Waals surface area contributed by atoms with Gasteiger partial charge in [0.05, 0.1) is 5.56 Å². The number of carbonyl (C=O) groups is 2. The van der Waals surface area contributed by atoms with E-state index in [0.717, 1.165) is 5.56 Å². The van der Waals surface area contributed by atoms with Gasteiger partial charge in [0.1, 0.15) is 5.75 Å². The topological polar surface area (TPSA) is 86.6 Å². The molecule has 0 aliphatic rings. The van der Waals surface area contributed by atoms with Gasteiger partial charge in [0.15, 0.2) is 0 Å². The van der Waals surface area contributed by atoms with Crippen LogP contribution in [0.25, 0.3) is 0 Å². The second-order valence-electron chi connectivity index (χ2n) is 5.04. The molecule has 0 saturated heterocycles. The first-order chi connectivity index (χ1) is 9.41. The summed E-state index contributed by atoms with van der Waals surface area (Å²) < 4.78 is 0. The lowest BCUT2D eigenvalue weighted by Crippen LogP contribution is -2.24. The van der Waals surface area contributed by atoms with Gasteiger partial charge in [-0.25, -0.2) is 0 Å². The van der Waals surface area contributed by atoms with Gasteiger partial charge in [0.25, 0.3) is 5.91 Å². The van der Waals surface area contributed by atoms with Gasteiger partial charge < -0.3 is 15.5 Å². The number of carbonyl (C=O) groups excluding carboxylic acids is 1. The van der Waals surface area contributed by atoms with E-state index in [9.17, 15) is 14.7 Å². The molecule has 0 fully saturated rings. The summed E-state index contributed by atoms with van der Waals surface area (Å²) in [5.74, 6) is -0.917. The third kappa shape index (κ3) is 4.91. The molecule has 1 aromatic rings. The van der Waals surface area contributed by atoms with Crippen molar-refractivity contribution in [2.75, 3.05) is 6.54 Å². The monoisotopic (exact) mass is 279 g/mol. The molecule has 5 heteroatoms. The number of phenols is 1. The van der Waals surface area contributed by atoms with E-state index >= 15 is 0 Å². The van der Waals surface area contributed by atoms with Gasteiger partial charge in [-0.2, -0.15) is 0 Å². The molecule has 5 nitrogen and oxygen atoms in total. The highest BCUT2D eigenvalue weighted by Crippen LogP contribution is 2.23. The minimum atomic E-state index is -0.835. The molecule has 0 heterocycles. The molecule has 1 amide bonds. The van der Waals surface area contributed by atoms with Crippen molar-refractivity contribution in [1.29, 1.82) is 0 Å². The van der Waals surface area contributed by atoms with E-state index < -0.39 is 5.97 Å². The lowest BCUT2D eigenvalue weighted by molar-refractivity contribution is -0.137. The van der Waals surface area contributed by atoms with E-state index in [1.54, 1.807) is 12.1 Å². The van der Waals surface area contributed by atoms with Crippen LogP contribution in [0.5, 0.6) is 5.75 Å². The predicted octanol–water partition coefficient (Wildman–Crippen LogP) is 2.50.